The summed E-state index contributed by atoms with van der Waals surface area (Å²) in [6.07, 6.45) is 0.310. The summed E-state index contributed by atoms with van der Waals surface area (Å²) in [5, 5.41) is 0. The van der Waals surface area contributed by atoms with Crippen molar-refractivity contribution < 1.29 is 23.9 Å². The first-order valence-electron chi connectivity index (χ1n) is 9.28. The van der Waals surface area contributed by atoms with E-state index in [1.165, 1.54) is 19.1 Å². The summed E-state index contributed by atoms with van der Waals surface area (Å²) >= 11 is 0. The third-order valence-corrected chi connectivity index (χ3v) is 6.32. The van der Waals surface area contributed by atoms with Crippen LogP contribution in [-0.2, 0) is 14.4 Å². The fraction of sp³-hybridized carbons (Fsp3) is 0.318. The molecule has 6 nitrogen and oxygen atoms in total. The van der Waals surface area contributed by atoms with Crippen molar-refractivity contribution in [2.24, 2.45) is 11.8 Å². The largest absolute Gasteiger partial charge is 0.497 e. The number of anilines is 1. The van der Waals surface area contributed by atoms with Crippen molar-refractivity contribution in [3.8, 4) is 11.5 Å². The predicted octanol–water partition coefficient (Wildman–Crippen LogP) is 2.66. The number of hydrogen-bond acceptors (Lipinski definition) is 5. The number of hydrogen-bond donors (Lipinski definition) is 0. The summed E-state index contributed by atoms with van der Waals surface area (Å²) < 4.78 is 10.7. The molecule has 6 rings (SSSR count). The smallest absolute Gasteiger partial charge is 0.238 e. The van der Waals surface area contributed by atoms with Gasteiger partial charge < -0.3 is 9.47 Å². The number of imide groups is 1. The molecule has 1 saturated carbocycles. The Morgan fingerprint density at radius 3 is 2.32 bits per heavy atom. The normalized spacial score (nSPS) is 27.6. The van der Waals surface area contributed by atoms with Crippen LogP contribution in [0.15, 0.2) is 42.5 Å². The second-order valence-corrected chi connectivity index (χ2v) is 7.48. The zero-order valence-electron chi connectivity index (χ0n) is 15.5. The van der Waals surface area contributed by atoms with E-state index < -0.39 is 17.8 Å². The minimum Gasteiger partial charge on any atom is -0.497 e. The number of nitrogens with zero attached hydrogens (tertiary/aromatic N) is 1. The molecule has 0 radical (unpaired) electrons. The molecule has 1 saturated heterocycles. The van der Waals surface area contributed by atoms with Gasteiger partial charge in [-0.15, -0.1) is 0 Å². The standard InChI is InChI=1S/C22H19NO5/c1-27-11-7-8-17(28-2)15(9-11)23-21(25)19-14-10-16(24)18(20(19)22(23)26)13-6-4-3-5-12(13)14/h3-9,14,18-20H,10H2,1-2H3/t14-,18+,19+,20-/m0/s1. The monoisotopic (exact) mass is 377 g/mol. The summed E-state index contributed by atoms with van der Waals surface area (Å²) in [5.41, 5.74) is 2.28. The Labute approximate surface area is 162 Å². The molecule has 0 unspecified atom stereocenters. The van der Waals surface area contributed by atoms with Crippen LogP contribution >= 0.6 is 0 Å². The zero-order chi connectivity index (χ0) is 19.6. The van der Waals surface area contributed by atoms with Gasteiger partial charge in [0.25, 0.3) is 0 Å². The molecule has 0 aromatic heterocycles. The zero-order valence-corrected chi connectivity index (χ0v) is 15.5. The van der Waals surface area contributed by atoms with E-state index in [0.717, 1.165) is 11.1 Å². The predicted molar refractivity (Wildman–Crippen MR) is 101 cm³/mol. The van der Waals surface area contributed by atoms with Gasteiger partial charge >= 0.3 is 0 Å². The molecular weight excluding hydrogens is 358 g/mol. The maximum absolute atomic E-state index is 13.4. The highest BCUT2D eigenvalue weighted by molar-refractivity contribution is 6.25. The van der Waals surface area contributed by atoms with Crippen LogP contribution in [0, 0.1) is 11.8 Å². The van der Waals surface area contributed by atoms with Crippen LogP contribution in [0.1, 0.15) is 29.4 Å². The minimum atomic E-state index is -0.649. The van der Waals surface area contributed by atoms with Gasteiger partial charge in [-0.1, -0.05) is 24.3 Å². The third kappa shape index (κ3) is 2.06. The SMILES string of the molecule is COc1ccc(OC)c(N2C(=O)[C@@H]3[C@H](C2=O)[C@H]2CC(=O)[C@H]3c3ccccc32)c1. The molecule has 1 aliphatic heterocycles. The number of carbonyl (C=O) groups excluding carboxylic acids is 3. The van der Waals surface area contributed by atoms with E-state index in [0.29, 0.717) is 23.6 Å². The Morgan fingerprint density at radius 1 is 0.893 bits per heavy atom. The van der Waals surface area contributed by atoms with Crippen molar-refractivity contribution in [3.63, 3.8) is 0 Å². The molecule has 28 heavy (non-hydrogen) atoms. The van der Waals surface area contributed by atoms with Gasteiger partial charge in [0.05, 0.1) is 37.7 Å². The highest BCUT2D eigenvalue weighted by Gasteiger charge is 2.63. The number of amides is 2. The molecule has 1 heterocycles. The van der Waals surface area contributed by atoms with Crippen LogP contribution in [0.5, 0.6) is 11.5 Å². The topological polar surface area (TPSA) is 72.9 Å². The van der Waals surface area contributed by atoms with Gasteiger partial charge in [-0.3, -0.25) is 14.4 Å². The van der Waals surface area contributed by atoms with Crippen molar-refractivity contribution in [1.29, 1.82) is 0 Å². The highest BCUT2D eigenvalue weighted by atomic mass is 16.5. The first-order chi connectivity index (χ1) is 13.6. The van der Waals surface area contributed by atoms with Crippen LogP contribution in [0.4, 0.5) is 5.69 Å². The van der Waals surface area contributed by atoms with Crippen molar-refractivity contribution in [2.45, 2.75) is 18.3 Å². The Kier molecular flexibility index (Phi) is 3.59. The molecule has 2 aromatic carbocycles. The first-order valence-corrected chi connectivity index (χ1v) is 9.28. The van der Waals surface area contributed by atoms with Gasteiger partial charge in [0, 0.05) is 18.4 Å². The maximum atomic E-state index is 13.4. The van der Waals surface area contributed by atoms with E-state index in [9.17, 15) is 14.4 Å². The van der Waals surface area contributed by atoms with Crippen LogP contribution in [0.25, 0.3) is 0 Å². The van der Waals surface area contributed by atoms with E-state index in [1.54, 1.807) is 18.2 Å². The lowest BCUT2D eigenvalue weighted by Crippen LogP contribution is -2.44. The average molecular weight is 377 g/mol. The Bertz CT molecular complexity index is 1030. The summed E-state index contributed by atoms with van der Waals surface area (Å²) in [4.78, 5) is 40.8. The van der Waals surface area contributed by atoms with Crippen LogP contribution < -0.4 is 14.4 Å². The Hall–Kier alpha value is -3.15. The van der Waals surface area contributed by atoms with Crippen LogP contribution in [0.3, 0.4) is 0 Å². The highest BCUT2D eigenvalue weighted by Crippen LogP contribution is 2.58. The lowest BCUT2D eigenvalue weighted by Gasteiger charge is -2.43. The quantitative estimate of drug-likeness (QED) is 0.769. The van der Waals surface area contributed by atoms with Gasteiger partial charge in [-0.2, -0.15) is 0 Å². The average Bonchev–Trinajstić information content (AvgIpc) is 2.99. The van der Waals surface area contributed by atoms with Gasteiger partial charge in [-0.05, 0) is 23.3 Å². The second-order valence-electron chi connectivity index (χ2n) is 7.48. The van der Waals surface area contributed by atoms with Gasteiger partial charge in [0.2, 0.25) is 11.8 Å². The van der Waals surface area contributed by atoms with Crippen molar-refractivity contribution in [1.82, 2.24) is 0 Å². The third-order valence-electron chi connectivity index (χ3n) is 6.32. The van der Waals surface area contributed by atoms with E-state index in [4.69, 9.17) is 9.47 Å². The van der Waals surface area contributed by atoms with Gasteiger partial charge in [0.1, 0.15) is 17.3 Å². The summed E-state index contributed by atoms with van der Waals surface area (Å²) in [7, 11) is 3.01. The van der Waals surface area contributed by atoms with E-state index in [1.807, 2.05) is 24.3 Å². The molecule has 2 aromatic rings. The molecule has 0 N–H and O–H groups in total. The molecule has 0 spiro atoms. The van der Waals surface area contributed by atoms with Crippen molar-refractivity contribution in [2.75, 3.05) is 19.1 Å². The van der Waals surface area contributed by atoms with E-state index in [-0.39, 0.29) is 23.5 Å². The number of benzene rings is 2. The molecule has 2 bridgehead atoms. The molecular formula is C22H19NO5. The van der Waals surface area contributed by atoms with Crippen LogP contribution in [0.2, 0.25) is 0 Å². The molecule has 2 fully saturated rings. The van der Waals surface area contributed by atoms with Crippen molar-refractivity contribution >= 4 is 23.3 Å². The number of rotatable bonds is 3. The second kappa shape index (κ2) is 5.92. The fourth-order valence-corrected chi connectivity index (χ4v) is 5.17. The minimum absolute atomic E-state index is 0.0468. The Morgan fingerprint density at radius 2 is 1.61 bits per heavy atom. The van der Waals surface area contributed by atoms with E-state index >= 15 is 0 Å². The molecule has 142 valence electrons. The number of carbonyl (C=O) groups is 3. The number of methoxy groups -OCH3 is 2. The number of ether oxygens (including phenoxy) is 2. The lowest BCUT2D eigenvalue weighted by atomic mass is 9.56. The van der Waals surface area contributed by atoms with Crippen LogP contribution in [-0.4, -0.2) is 31.8 Å². The number of Topliss-reactive ketones (excluding diaryl/α,β-unsaturated/α-hetero) is 1. The molecule has 6 heteroatoms. The van der Waals surface area contributed by atoms with Gasteiger partial charge in [-0.25, -0.2) is 4.90 Å². The summed E-state index contributed by atoms with van der Waals surface area (Å²) in [6.45, 7) is 0. The molecule has 4 aliphatic rings. The lowest BCUT2D eigenvalue weighted by molar-refractivity contribution is -0.134. The van der Waals surface area contributed by atoms with E-state index in [2.05, 4.69) is 0 Å². The molecule has 3 aliphatic carbocycles. The maximum Gasteiger partial charge on any atom is 0.238 e. The molecule has 2 amide bonds. The fourth-order valence-electron chi connectivity index (χ4n) is 5.17. The van der Waals surface area contributed by atoms with Gasteiger partial charge in [0.15, 0.2) is 0 Å². The summed E-state index contributed by atoms with van der Waals surface area (Å²) in [5.74, 6) is -1.58. The summed E-state index contributed by atoms with van der Waals surface area (Å²) in [6, 6.07) is 12.7. The first kappa shape index (κ1) is 17.0. The number of fused-ring (bicyclic) bond motifs is 1. The molecule has 4 atom stereocenters. The van der Waals surface area contributed by atoms with Crippen molar-refractivity contribution in [3.05, 3.63) is 53.6 Å². The number of ketones is 1. The Balaban J connectivity index is 1.65.